The van der Waals surface area contributed by atoms with Crippen LogP contribution >= 0.6 is 0 Å². The van der Waals surface area contributed by atoms with E-state index in [9.17, 15) is 9.18 Å². The van der Waals surface area contributed by atoms with E-state index in [0.29, 0.717) is 12.0 Å². The summed E-state index contributed by atoms with van der Waals surface area (Å²) in [7, 11) is 1.70. The molecule has 0 atom stereocenters. The van der Waals surface area contributed by atoms with E-state index < -0.39 is 0 Å². The molecule has 2 aromatic rings. The van der Waals surface area contributed by atoms with Crippen LogP contribution in [-0.2, 0) is 6.54 Å². The van der Waals surface area contributed by atoms with Gasteiger partial charge in [0.2, 0.25) is 0 Å². The number of rotatable bonds is 11. The summed E-state index contributed by atoms with van der Waals surface area (Å²) in [5.74, 6) is 0.707. The fourth-order valence-electron chi connectivity index (χ4n) is 3.00. The minimum atomic E-state index is -0.309. The van der Waals surface area contributed by atoms with Crippen LogP contribution < -0.4 is 4.74 Å². The molecule has 0 saturated carbocycles. The molecule has 4 heteroatoms. The number of Topliss-reactive ketones (excluding diaryl/α,β-unsaturated/α-hetero) is 1. The molecule has 0 aliphatic carbocycles. The highest BCUT2D eigenvalue weighted by atomic mass is 19.1. The van der Waals surface area contributed by atoms with Crippen LogP contribution in [0.3, 0.4) is 0 Å². The number of carbonyl (C=O) groups is 1. The van der Waals surface area contributed by atoms with Gasteiger partial charge in [0.05, 0.1) is 7.11 Å². The van der Waals surface area contributed by atoms with Crippen molar-refractivity contribution in [2.24, 2.45) is 0 Å². The van der Waals surface area contributed by atoms with Crippen molar-refractivity contribution in [2.45, 2.75) is 39.2 Å². The van der Waals surface area contributed by atoms with Crippen LogP contribution in [-0.4, -0.2) is 30.9 Å². The molecule has 0 unspecified atom stereocenters. The van der Waals surface area contributed by atoms with Crippen molar-refractivity contribution < 1.29 is 13.9 Å². The summed E-state index contributed by atoms with van der Waals surface area (Å²) in [4.78, 5) is 14.5. The molecule has 0 bridgehead atoms. The lowest BCUT2D eigenvalue weighted by Gasteiger charge is -2.21. The Balaban J connectivity index is 1.70. The first-order chi connectivity index (χ1) is 12.6. The second-order valence-corrected chi connectivity index (χ2v) is 6.42. The summed E-state index contributed by atoms with van der Waals surface area (Å²) >= 11 is 0. The van der Waals surface area contributed by atoms with Crippen molar-refractivity contribution in [1.29, 1.82) is 0 Å². The minimum absolute atomic E-state index is 0.0892. The van der Waals surface area contributed by atoms with Crippen molar-refractivity contribution in [3.63, 3.8) is 0 Å². The average molecular weight is 357 g/mol. The summed E-state index contributed by atoms with van der Waals surface area (Å²) in [5.41, 5.74) is 1.79. The molecule has 0 heterocycles. The topological polar surface area (TPSA) is 29.5 Å². The first kappa shape index (κ1) is 20.1. The first-order valence-corrected chi connectivity index (χ1v) is 9.27. The normalized spacial score (nSPS) is 10.9. The zero-order valence-corrected chi connectivity index (χ0v) is 15.7. The summed E-state index contributed by atoms with van der Waals surface area (Å²) < 4.78 is 18.3. The number of nitrogens with zero attached hydrogens (tertiary/aromatic N) is 1. The fourth-order valence-corrected chi connectivity index (χ4v) is 3.00. The van der Waals surface area contributed by atoms with E-state index in [4.69, 9.17) is 4.74 Å². The van der Waals surface area contributed by atoms with Gasteiger partial charge in [-0.05, 0) is 56.3 Å². The molecule has 0 aliphatic heterocycles. The smallest absolute Gasteiger partial charge is 0.162 e. The third kappa shape index (κ3) is 6.26. The second-order valence-electron chi connectivity index (χ2n) is 6.42. The van der Waals surface area contributed by atoms with Gasteiger partial charge in [-0.15, -0.1) is 0 Å². The lowest BCUT2D eigenvalue weighted by Crippen LogP contribution is -2.24. The van der Waals surface area contributed by atoms with Crippen LogP contribution in [0.5, 0.6) is 5.75 Å². The van der Waals surface area contributed by atoms with Crippen LogP contribution in [0.1, 0.15) is 48.5 Å². The summed E-state index contributed by atoms with van der Waals surface area (Å²) in [6.07, 6.45) is 3.45. The minimum Gasteiger partial charge on any atom is -0.496 e. The standard InChI is InChI=1S/C22H28FNO2/c1-3-24(17-19-9-6-7-11-22(19)26-2)16-8-4-5-10-21(25)18-12-14-20(23)15-13-18/h6-7,9,11-15H,3-5,8,10,16-17H2,1-2H3. The number of methoxy groups -OCH3 is 1. The van der Waals surface area contributed by atoms with E-state index in [-0.39, 0.29) is 11.6 Å². The Morgan fingerprint density at radius 2 is 1.77 bits per heavy atom. The zero-order valence-electron chi connectivity index (χ0n) is 15.7. The van der Waals surface area contributed by atoms with Gasteiger partial charge in [-0.25, -0.2) is 4.39 Å². The Morgan fingerprint density at radius 1 is 1.04 bits per heavy atom. The van der Waals surface area contributed by atoms with Gasteiger partial charge in [0.1, 0.15) is 11.6 Å². The number of ether oxygens (including phenoxy) is 1. The summed E-state index contributed by atoms with van der Waals surface area (Å²) in [6.45, 7) is 5.01. The van der Waals surface area contributed by atoms with E-state index in [1.807, 2.05) is 18.2 Å². The van der Waals surface area contributed by atoms with Crippen molar-refractivity contribution >= 4 is 5.78 Å². The molecule has 26 heavy (non-hydrogen) atoms. The molecule has 0 spiro atoms. The molecule has 0 amide bonds. The number of halogens is 1. The highest BCUT2D eigenvalue weighted by Gasteiger charge is 2.09. The van der Waals surface area contributed by atoms with Gasteiger partial charge < -0.3 is 4.74 Å². The number of carbonyl (C=O) groups excluding carboxylic acids is 1. The predicted octanol–water partition coefficient (Wildman–Crippen LogP) is 5.10. The maximum atomic E-state index is 12.9. The van der Waals surface area contributed by atoms with Gasteiger partial charge in [0.25, 0.3) is 0 Å². The van der Waals surface area contributed by atoms with Gasteiger partial charge >= 0.3 is 0 Å². The largest absolute Gasteiger partial charge is 0.496 e. The molecular weight excluding hydrogens is 329 g/mol. The Labute approximate surface area is 155 Å². The Bertz CT molecular complexity index is 685. The van der Waals surface area contributed by atoms with Gasteiger partial charge in [0.15, 0.2) is 5.78 Å². The highest BCUT2D eigenvalue weighted by Crippen LogP contribution is 2.19. The van der Waals surface area contributed by atoms with Gasteiger partial charge in [0, 0.05) is 24.1 Å². The number of hydrogen-bond donors (Lipinski definition) is 0. The summed E-state index contributed by atoms with van der Waals surface area (Å²) in [6, 6.07) is 13.9. The van der Waals surface area contributed by atoms with E-state index >= 15 is 0 Å². The quantitative estimate of drug-likeness (QED) is 0.414. The van der Waals surface area contributed by atoms with E-state index in [1.165, 1.54) is 17.7 Å². The molecular formula is C22H28FNO2. The van der Waals surface area contributed by atoms with Gasteiger partial charge in [-0.3, -0.25) is 9.69 Å². The molecule has 3 nitrogen and oxygen atoms in total. The SMILES string of the molecule is CCN(CCCCCC(=O)c1ccc(F)cc1)Cc1ccccc1OC. The Kier molecular flexibility index (Phi) is 8.29. The van der Waals surface area contributed by atoms with Crippen molar-refractivity contribution in [3.05, 3.63) is 65.5 Å². The molecule has 0 radical (unpaired) electrons. The molecule has 2 rings (SSSR count). The maximum Gasteiger partial charge on any atom is 0.162 e. The van der Waals surface area contributed by atoms with Crippen molar-refractivity contribution in [1.82, 2.24) is 4.90 Å². The van der Waals surface area contributed by atoms with E-state index in [2.05, 4.69) is 17.9 Å². The molecule has 140 valence electrons. The molecule has 0 fully saturated rings. The third-order valence-electron chi connectivity index (χ3n) is 4.58. The lowest BCUT2D eigenvalue weighted by atomic mass is 10.0. The third-order valence-corrected chi connectivity index (χ3v) is 4.58. The maximum absolute atomic E-state index is 12.9. The highest BCUT2D eigenvalue weighted by molar-refractivity contribution is 5.95. The predicted molar refractivity (Wildman–Crippen MR) is 103 cm³/mol. The van der Waals surface area contributed by atoms with Crippen LogP contribution in [0, 0.1) is 5.82 Å². The number of unbranched alkanes of at least 4 members (excludes halogenated alkanes) is 2. The van der Waals surface area contributed by atoms with Crippen LogP contribution in [0.25, 0.3) is 0 Å². The van der Waals surface area contributed by atoms with E-state index in [0.717, 1.165) is 44.6 Å². The molecule has 0 N–H and O–H groups in total. The Morgan fingerprint density at radius 3 is 2.46 bits per heavy atom. The monoisotopic (exact) mass is 357 g/mol. The van der Waals surface area contributed by atoms with Crippen LogP contribution in [0.2, 0.25) is 0 Å². The van der Waals surface area contributed by atoms with Gasteiger partial charge in [-0.1, -0.05) is 31.5 Å². The second kappa shape index (κ2) is 10.7. The molecule has 0 aromatic heterocycles. The van der Waals surface area contributed by atoms with Crippen molar-refractivity contribution in [3.8, 4) is 5.75 Å². The fraction of sp³-hybridized carbons (Fsp3) is 0.409. The molecule has 2 aromatic carbocycles. The van der Waals surface area contributed by atoms with E-state index in [1.54, 1.807) is 19.2 Å². The van der Waals surface area contributed by atoms with Crippen LogP contribution in [0.4, 0.5) is 4.39 Å². The van der Waals surface area contributed by atoms with Gasteiger partial charge in [-0.2, -0.15) is 0 Å². The van der Waals surface area contributed by atoms with Crippen molar-refractivity contribution in [2.75, 3.05) is 20.2 Å². The average Bonchev–Trinajstić information content (AvgIpc) is 2.67. The number of hydrogen-bond acceptors (Lipinski definition) is 3. The zero-order chi connectivity index (χ0) is 18.8. The summed E-state index contributed by atoms with van der Waals surface area (Å²) in [5, 5.41) is 0. The number of ketones is 1. The lowest BCUT2D eigenvalue weighted by molar-refractivity contribution is 0.0978. The van der Waals surface area contributed by atoms with Crippen LogP contribution in [0.15, 0.2) is 48.5 Å². The Hall–Kier alpha value is -2.20. The first-order valence-electron chi connectivity index (χ1n) is 9.27. The molecule has 0 aliphatic rings. The number of benzene rings is 2. The molecule has 0 saturated heterocycles. The number of para-hydroxylation sites is 1.